The van der Waals surface area contributed by atoms with Crippen molar-refractivity contribution >= 4 is 11.9 Å². The first kappa shape index (κ1) is 18.3. The minimum atomic E-state index is -0.607. The van der Waals surface area contributed by atoms with E-state index in [1.165, 1.54) is 7.11 Å². The van der Waals surface area contributed by atoms with Gasteiger partial charge in [-0.25, -0.2) is 4.79 Å². The molecule has 0 amide bonds. The summed E-state index contributed by atoms with van der Waals surface area (Å²) in [6.07, 6.45) is 0.764. The van der Waals surface area contributed by atoms with Crippen molar-refractivity contribution in [3.8, 4) is 0 Å². The van der Waals surface area contributed by atoms with E-state index in [4.69, 9.17) is 4.74 Å². The van der Waals surface area contributed by atoms with Crippen molar-refractivity contribution in [2.75, 3.05) is 14.2 Å². The highest BCUT2D eigenvalue weighted by Crippen LogP contribution is 1.96. The van der Waals surface area contributed by atoms with E-state index < -0.39 is 6.16 Å². The molecule has 102 valence electrons. The number of rotatable bonds is 5. The molecule has 0 saturated carbocycles. The molecule has 2 unspecified atom stereocenters. The Morgan fingerprint density at radius 2 is 1.65 bits per heavy atom. The highest BCUT2D eigenvalue weighted by molar-refractivity contribution is 5.75. The Balaban J connectivity index is 0. The van der Waals surface area contributed by atoms with Gasteiger partial charge in [-0.15, -0.1) is 0 Å². The Labute approximate surface area is 103 Å². The molecule has 0 saturated heterocycles. The molecule has 5 heteroatoms. The van der Waals surface area contributed by atoms with E-state index in [2.05, 4.69) is 9.47 Å². The second-order valence-corrected chi connectivity index (χ2v) is 3.74. The lowest BCUT2D eigenvalue weighted by Gasteiger charge is -2.07. The fourth-order valence-electron chi connectivity index (χ4n) is 0.784. The number of hydrogen-bond acceptors (Lipinski definition) is 5. The van der Waals surface area contributed by atoms with Crippen LogP contribution in [0.2, 0.25) is 0 Å². The molecule has 0 aromatic heterocycles. The van der Waals surface area contributed by atoms with Crippen LogP contribution in [0, 0.1) is 0 Å². The van der Waals surface area contributed by atoms with Gasteiger partial charge in [0, 0.05) is 13.5 Å². The molecular formula is C12H24O5. The molecule has 0 aliphatic carbocycles. The van der Waals surface area contributed by atoms with Crippen molar-refractivity contribution in [3.05, 3.63) is 0 Å². The average Bonchev–Trinajstić information content (AvgIpc) is 2.28. The highest BCUT2D eigenvalue weighted by Gasteiger charge is 2.04. The zero-order valence-electron chi connectivity index (χ0n) is 11.6. The number of carbonyl (C=O) groups excluding carboxylic acids is 2. The van der Waals surface area contributed by atoms with Crippen molar-refractivity contribution < 1.29 is 23.8 Å². The smallest absolute Gasteiger partial charge is 0.438 e. The summed E-state index contributed by atoms with van der Waals surface area (Å²) in [5.74, 6) is 0.180. The first-order valence-corrected chi connectivity index (χ1v) is 5.64. The van der Waals surface area contributed by atoms with Crippen molar-refractivity contribution in [2.45, 2.75) is 52.7 Å². The number of ketones is 1. The summed E-state index contributed by atoms with van der Waals surface area (Å²) in [7, 11) is 2.90. The molecule has 0 heterocycles. The second kappa shape index (κ2) is 11.4. The SMILES string of the molecule is CCC(C)OC(=O)OC.COC(C)CC(C)=O. The van der Waals surface area contributed by atoms with E-state index >= 15 is 0 Å². The Bertz CT molecular complexity index is 215. The van der Waals surface area contributed by atoms with Crippen LogP contribution in [-0.2, 0) is 19.0 Å². The molecule has 0 aliphatic rings. The zero-order valence-corrected chi connectivity index (χ0v) is 11.6. The van der Waals surface area contributed by atoms with E-state index in [0.29, 0.717) is 6.42 Å². The van der Waals surface area contributed by atoms with Crippen LogP contribution >= 0.6 is 0 Å². The summed E-state index contributed by atoms with van der Waals surface area (Å²) in [4.78, 5) is 20.7. The third-order valence-corrected chi connectivity index (χ3v) is 2.02. The van der Waals surface area contributed by atoms with E-state index in [9.17, 15) is 9.59 Å². The monoisotopic (exact) mass is 248 g/mol. The summed E-state index contributed by atoms with van der Waals surface area (Å²) in [5.41, 5.74) is 0. The van der Waals surface area contributed by atoms with Crippen molar-refractivity contribution in [1.82, 2.24) is 0 Å². The van der Waals surface area contributed by atoms with Crippen molar-refractivity contribution in [2.24, 2.45) is 0 Å². The minimum Gasteiger partial charge on any atom is -0.438 e. The van der Waals surface area contributed by atoms with Crippen LogP contribution in [0.3, 0.4) is 0 Å². The summed E-state index contributed by atoms with van der Waals surface area (Å²) in [5, 5.41) is 0. The molecular weight excluding hydrogens is 224 g/mol. The normalized spacial score (nSPS) is 12.8. The number of hydrogen-bond donors (Lipinski definition) is 0. The molecule has 0 N–H and O–H groups in total. The molecule has 0 fully saturated rings. The van der Waals surface area contributed by atoms with Crippen LogP contribution in [0.1, 0.15) is 40.5 Å². The molecule has 0 bridgehead atoms. The molecule has 0 spiro atoms. The van der Waals surface area contributed by atoms with E-state index in [1.807, 2.05) is 20.8 Å². The summed E-state index contributed by atoms with van der Waals surface area (Å²) < 4.78 is 13.8. The molecule has 0 aliphatic heterocycles. The van der Waals surface area contributed by atoms with E-state index in [-0.39, 0.29) is 18.0 Å². The van der Waals surface area contributed by atoms with Gasteiger partial charge in [0.1, 0.15) is 11.9 Å². The van der Waals surface area contributed by atoms with Gasteiger partial charge in [0.05, 0.1) is 13.2 Å². The summed E-state index contributed by atoms with van der Waals surface area (Å²) >= 11 is 0. The quantitative estimate of drug-likeness (QED) is 0.700. The van der Waals surface area contributed by atoms with Gasteiger partial charge in [0.15, 0.2) is 0 Å². The van der Waals surface area contributed by atoms with Gasteiger partial charge in [-0.05, 0) is 27.2 Å². The van der Waals surface area contributed by atoms with Gasteiger partial charge in [-0.3, -0.25) is 4.79 Å². The summed E-state index contributed by atoms with van der Waals surface area (Å²) in [6.45, 7) is 7.20. The molecule has 5 nitrogen and oxygen atoms in total. The fourth-order valence-corrected chi connectivity index (χ4v) is 0.784. The predicted molar refractivity (Wildman–Crippen MR) is 65.0 cm³/mol. The minimum absolute atomic E-state index is 0.0440. The van der Waals surface area contributed by atoms with Crippen LogP contribution < -0.4 is 0 Å². The van der Waals surface area contributed by atoms with Gasteiger partial charge in [0.2, 0.25) is 0 Å². The Kier molecular flexibility index (Phi) is 12.2. The Hall–Kier alpha value is -1.10. The molecule has 0 radical (unpaired) electrons. The fraction of sp³-hybridized carbons (Fsp3) is 0.833. The average molecular weight is 248 g/mol. The lowest BCUT2D eigenvalue weighted by atomic mass is 10.2. The third-order valence-electron chi connectivity index (χ3n) is 2.02. The Morgan fingerprint density at radius 3 is 1.88 bits per heavy atom. The van der Waals surface area contributed by atoms with Crippen LogP contribution in [0.5, 0.6) is 0 Å². The molecule has 2 atom stereocenters. The van der Waals surface area contributed by atoms with Gasteiger partial charge in [0.25, 0.3) is 0 Å². The standard InChI is InChI=1S/C6H12O3.C6H12O2/c1-4-5(2)9-6(7)8-3;1-5(7)4-6(2)8-3/h5H,4H2,1-3H3;6H,4H2,1-3H3. The highest BCUT2D eigenvalue weighted by atomic mass is 16.7. The molecule has 0 aromatic rings. The number of carbonyl (C=O) groups is 2. The first-order chi connectivity index (χ1) is 7.87. The first-order valence-electron chi connectivity index (χ1n) is 5.64. The number of Topliss-reactive ketones (excluding diaryl/α,β-unsaturated/α-hetero) is 1. The molecule has 0 aromatic carbocycles. The lowest BCUT2D eigenvalue weighted by molar-refractivity contribution is -0.119. The predicted octanol–water partition coefficient (Wildman–Crippen LogP) is 2.57. The van der Waals surface area contributed by atoms with Crippen LogP contribution in [-0.4, -0.2) is 38.4 Å². The summed E-state index contributed by atoms with van der Waals surface area (Å²) in [6, 6.07) is 0. The van der Waals surface area contributed by atoms with Gasteiger partial charge >= 0.3 is 6.16 Å². The lowest BCUT2D eigenvalue weighted by Crippen LogP contribution is -2.13. The van der Waals surface area contributed by atoms with E-state index in [0.717, 1.165) is 6.42 Å². The number of methoxy groups -OCH3 is 2. The van der Waals surface area contributed by atoms with Crippen molar-refractivity contribution in [3.63, 3.8) is 0 Å². The van der Waals surface area contributed by atoms with E-state index in [1.54, 1.807) is 14.0 Å². The number of ether oxygens (including phenoxy) is 3. The molecule has 17 heavy (non-hydrogen) atoms. The zero-order chi connectivity index (χ0) is 13.8. The Morgan fingerprint density at radius 1 is 1.12 bits per heavy atom. The van der Waals surface area contributed by atoms with Gasteiger partial charge in [-0.2, -0.15) is 0 Å². The largest absolute Gasteiger partial charge is 0.508 e. The van der Waals surface area contributed by atoms with Crippen LogP contribution in [0.25, 0.3) is 0 Å². The maximum absolute atomic E-state index is 10.3. The second-order valence-electron chi connectivity index (χ2n) is 3.74. The topological polar surface area (TPSA) is 61.8 Å². The maximum atomic E-state index is 10.3. The van der Waals surface area contributed by atoms with Crippen molar-refractivity contribution in [1.29, 1.82) is 0 Å². The van der Waals surface area contributed by atoms with Crippen LogP contribution in [0.4, 0.5) is 4.79 Å². The van der Waals surface area contributed by atoms with Gasteiger partial charge < -0.3 is 14.2 Å². The third kappa shape index (κ3) is 14.9. The van der Waals surface area contributed by atoms with Gasteiger partial charge in [-0.1, -0.05) is 6.92 Å². The van der Waals surface area contributed by atoms with Crippen LogP contribution in [0.15, 0.2) is 0 Å². The maximum Gasteiger partial charge on any atom is 0.508 e. The molecule has 0 rings (SSSR count).